The van der Waals surface area contributed by atoms with Crippen LogP contribution >= 0.6 is 0 Å². The third kappa shape index (κ3) is 6.89. The van der Waals surface area contributed by atoms with Crippen molar-refractivity contribution in [3.8, 4) is 0 Å². The smallest absolute Gasteiger partial charge is 0.304 e. The maximum absolute atomic E-state index is 10.4. The lowest BCUT2D eigenvalue weighted by Crippen LogP contribution is -2.30. The third-order valence-electron chi connectivity index (χ3n) is 2.65. The quantitative estimate of drug-likeness (QED) is 0.593. The lowest BCUT2D eigenvalue weighted by atomic mass is 9.94. The summed E-state index contributed by atoms with van der Waals surface area (Å²) in [5.41, 5.74) is 5.75. The van der Waals surface area contributed by atoms with Crippen LogP contribution < -0.4 is 5.73 Å². The Morgan fingerprint density at radius 1 is 1.36 bits per heavy atom. The average molecular weight is 201 g/mol. The van der Waals surface area contributed by atoms with Crippen LogP contribution in [0, 0.1) is 5.92 Å². The monoisotopic (exact) mass is 201 g/mol. The number of carboxylic acids is 1. The SMILES string of the molecule is CCCCCCC(C)C(N)CC(=O)O. The van der Waals surface area contributed by atoms with Gasteiger partial charge in [-0.05, 0) is 12.3 Å². The van der Waals surface area contributed by atoms with Gasteiger partial charge < -0.3 is 10.8 Å². The third-order valence-corrected chi connectivity index (χ3v) is 2.65. The van der Waals surface area contributed by atoms with E-state index in [9.17, 15) is 4.79 Å². The van der Waals surface area contributed by atoms with Gasteiger partial charge in [-0.1, -0.05) is 39.5 Å². The zero-order valence-corrected chi connectivity index (χ0v) is 9.33. The van der Waals surface area contributed by atoms with E-state index in [-0.39, 0.29) is 12.5 Å². The first kappa shape index (κ1) is 13.4. The molecule has 0 aliphatic carbocycles. The Morgan fingerprint density at radius 2 is 2.00 bits per heavy atom. The first-order valence-corrected chi connectivity index (χ1v) is 5.55. The largest absolute Gasteiger partial charge is 0.481 e. The van der Waals surface area contributed by atoms with Crippen molar-refractivity contribution in [1.29, 1.82) is 0 Å². The van der Waals surface area contributed by atoms with Crippen LogP contribution in [0.5, 0.6) is 0 Å². The fourth-order valence-corrected chi connectivity index (χ4v) is 1.51. The van der Waals surface area contributed by atoms with Crippen LogP contribution in [0.25, 0.3) is 0 Å². The van der Waals surface area contributed by atoms with Gasteiger partial charge in [-0.25, -0.2) is 0 Å². The number of hydrogen-bond acceptors (Lipinski definition) is 2. The highest BCUT2D eigenvalue weighted by Gasteiger charge is 2.15. The van der Waals surface area contributed by atoms with E-state index in [4.69, 9.17) is 10.8 Å². The van der Waals surface area contributed by atoms with E-state index in [1.165, 1.54) is 25.7 Å². The van der Waals surface area contributed by atoms with E-state index >= 15 is 0 Å². The molecular weight excluding hydrogens is 178 g/mol. The maximum atomic E-state index is 10.4. The summed E-state index contributed by atoms with van der Waals surface area (Å²) >= 11 is 0. The number of carbonyl (C=O) groups is 1. The van der Waals surface area contributed by atoms with Crippen LogP contribution in [0.1, 0.15) is 52.4 Å². The summed E-state index contributed by atoms with van der Waals surface area (Å²) in [4.78, 5) is 10.4. The molecule has 0 aromatic heterocycles. The second kappa shape index (κ2) is 7.80. The fraction of sp³-hybridized carbons (Fsp3) is 0.909. The summed E-state index contributed by atoms with van der Waals surface area (Å²) < 4.78 is 0. The van der Waals surface area contributed by atoms with Crippen molar-refractivity contribution in [3.05, 3.63) is 0 Å². The van der Waals surface area contributed by atoms with Crippen LogP contribution in [-0.2, 0) is 4.79 Å². The molecule has 0 aliphatic rings. The predicted molar refractivity (Wildman–Crippen MR) is 58.2 cm³/mol. The number of aliphatic carboxylic acids is 1. The molecule has 0 spiro atoms. The molecule has 0 rings (SSSR count). The van der Waals surface area contributed by atoms with E-state index in [0.29, 0.717) is 5.92 Å². The highest BCUT2D eigenvalue weighted by atomic mass is 16.4. The summed E-state index contributed by atoms with van der Waals surface area (Å²) in [6.45, 7) is 4.22. The molecule has 0 fully saturated rings. The summed E-state index contributed by atoms with van der Waals surface area (Å²) in [5.74, 6) is -0.471. The van der Waals surface area contributed by atoms with Gasteiger partial charge in [0.2, 0.25) is 0 Å². The zero-order valence-electron chi connectivity index (χ0n) is 9.33. The molecule has 0 amide bonds. The highest BCUT2D eigenvalue weighted by Crippen LogP contribution is 2.14. The number of rotatable bonds is 8. The summed E-state index contributed by atoms with van der Waals surface area (Å²) in [6.07, 6.45) is 6.04. The van der Waals surface area contributed by atoms with Crippen molar-refractivity contribution >= 4 is 5.97 Å². The van der Waals surface area contributed by atoms with Gasteiger partial charge in [-0.3, -0.25) is 4.79 Å². The molecule has 3 N–H and O–H groups in total. The first-order valence-electron chi connectivity index (χ1n) is 5.55. The van der Waals surface area contributed by atoms with Crippen molar-refractivity contribution in [2.45, 2.75) is 58.4 Å². The van der Waals surface area contributed by atoms with Gasteiger partial charge in [0, 0.05) is 6.04 Å². The molecule has 0 saturated carbocycles. The summed E-state index contributed by atoms with van der Waals surface area (Å²) in [5, 5.41) is 8.56. The van der Waals surface area contributed by atoms with Gasteiger partial charge in [0.15, 0.2) is 0 Å². The normalized spacial score (nSPS) is 15.1. The van der Waals surface area contributed by atoms with E-state index < -0.39 is 5.97 Å². The van der Waals surface area contributed by atoms with Gasteiger partial charge in [0.05, 0.1) is 6.42 Å². The lowest BCUT2D eigenvalue weighted by Gasteiger charge is -2.17. The second-order valence-corrected chi connectivity index (χ2v) is 4.09. The first-order chi connectivity index (χ1) is 6.57. The standard InChI is InChI=1S/C11H23NO2/c1-3-4-5-6-7-9(2)10(12)8-11(13)14/h9-10H,3-8,12H2,1-2H3,(H,13,14). The van der Waals surface area contributed by atoms with Crippen molar-refractivity contribution in [2.75, 3.05) is 0 Å². The molecule has 0 saturated heterocycles. The van der Waals surface area contributed by atoms with Gasteiger partial charge in [-0.15, -0.1) is 0 Å². The van der Waals surface area contributed by atoms with Crippen LogP contribution in [0.15, 0.2) is 0 Å². The van der Waals surface area contributed by atoms with Crippen LogP contribution in [0.2, 0.25) is 0 Å². The Kier molecular flexibility index (Phi) is 7.48. The molecule has 0 aromatic carbocycles. The second-order valence-electron chi connectivity index (χ2n) is 4.09. The van der Waals surface area contributed by atoms with Crippen LogP contribution in [0.4, 0.5) is 0 Å². The molecule has 84 valence electrons. The Hall–Kier alpha value is -0.570. The highest BCUT2D eigenvalue weighted by molar-refractivity contribution is 5.67. The Morgan fingerprint density at radius 3 is 2.50 bits per heavy atom. The van der Waals surface area contributed by atoms with Crippen molar-refractivity contribution < 1.29 is 9.90 Å². The van der Waals surface area contributed by atoms with E-state index in [1.807, 2.05) is 6.92 Å². The Balaban J connectivity index is 3.51. The molecular formula is C11H23NO2. The fourth-order valence-electron chi connectivity index (χ4n) is 1.51. The van der Waals surface area contributed by atoms with Crippen molar-refractivity contribution in [1.82, 2.24) is 0 Å². The minimum absolute atomic E-state index is 0.0922. The maximum Gasteiger partial charge on any atom is 0.304 e. The molecule has 0 bridgehead atoms. The van der Waals surface area contributed by atoms with E-state index in [0.717, 1.165) is 6.42 Å². The van der Waals surface area contributed by atoms with Crippen molar-refractivity contribution in [2.24, 2.45) is 11.7 Å². The van der Waals surface area contributed by atoms with Crippen LogP contribution in [-0.4, -0.2) is 17.1 Å². The lowest BCUT2D eigenvalue weighted by molar-refractivity contribution is -0.137. The average Bonchev–Trinajstić information content (AvgIpc) is 2.11. The molecule has 3 heteroatoms. The number of nitrogens with two attached hydrogens (primary N) is 1. The van der Waals surface area contributed by atoms with Gasteiger partial charge >= 0.3 is 5.97 Å². The van der Waals surface area contributed by atoms with E-state index in [2.05, 4.69) is 6.92 Å². The van der Waals surface area contributed by atoms with E-state index in [1.54, 1.807) is 0 Å². The zero-order chi connectivity index (χ0) is 11.0. The minimum Gasteiger partial charge on any atom is -0.481 e. The van der Waals surface area contributed by atoms with Crippen molar-refractivity contribution in [3.63, 3.8) is 0 Å². The number of carboxylic acid groups (broad SMARTS) is 1. The molecule has 3 nitrogen and oxygen atoms in total. The van der Waals surface area contributed by atoms with Gasteiger partial charge in [0.25, 0.3) is 0 Å². The molecule has 2 unspecified atom stereocenters. The summed E-state index contributed by atoms with van der Waals surface area (Å²) in [6, 6.07) is -0.186. The Labute approximate surface area is 86.7 Å². The van der Waals surface area contributed by atoms with Crippen LogP contribution in [0.3, 0.4) is 0 Å². The molecule has 0 radical (unpaired) electrons. The predicted octanol–water partition coefficient (Wildman–Crippen LogP) is 2.39. The molecule has 0 heterocycles. The topological polar surface area (TPSA) is 63.3 Å². The number of unbranched alkanes of at least 4 members (excludes halogenated alkanes) is 3. The summed E-state index contributed by atoms with van der Waals surface area (Å²) in [7, 11) is 0. The minimum atomic E-state index is -0.794. The van der Waals surface area contributed by atoms with Gasteiger partial charge in [0.1, 0.15) is 0 Å². The molecule has 0 aliphatic heterocycles. The molecule has 0 aromatic rings. The molecule has 14 heavy (non-hydrogen) atoms. The Bertz CT molecular complexity index is 159. The number of hydrogen-bond donors (Lipinski definition) is 2. The molecule has 2 atom stereocenters. The van der Waals surface area contributed by atoms with Gasteiger partial charge in [-0.2, -0.15) is 0 Å².